The largest absolute Gasteiger partial charge is 0.360 e. The molecule has 2 aromatic heterocycles. The fourth-order valence-corrected chi connectivity index (χ4v) is 4.71. The molecule has 0 bridgehead atoms. The van der Waals surface area contributed by atoms with Crippen molar-refractivity contribution in [3.8, 4) is 0 Å². The van der Waals surface area contributed by atoms with Gasteiger partial charge in [-0.05, 0) is 49.7 Å². The molecule has 6 heteroatoms. The highest BCUT2D eigenvalue weighted by Gasteiger charge is 2.35. The predicted octanol–water partition coefficient (Wildman–Crippen LogP) is 3.88. The molecule has 162 valence electrons. The van der Waals surface area contributed by atoms with E-state index in [2.05, 4.69) is 47.9 Å². The molecule has 0 spiro atoms. The second-order valence-electron chi connectivity index (χ2n) is 9.93. The summed E-state index contributed by atoms with van der Waals surface area (Å²) in [6, 6.07) is 6.16. The molecule has 1 amide bonds. The van der Waals surface area contributed by atoms with Gasteiger partial charge in [0.25, 0.3) is 5.91 Å². The van der Waals surface area contributed by atoms with E-state index in [-0.39, 0.29) is 11.3 Å². The number of carbonyl (C=O) groups excluding carboxylic acids is 1. The molecule has 0 radical (unpaired) electrons. The van der Waals surface area contributed by atoms with Crippen molar-refractivity contribution < 1.29 is 9.32 Å². The van der Waals surface area contributed by atoms with Gasteiger partial charge < -0.3 is 9.42 Å². The average molecular weight is 411 g/mol. The molecule has 0 aromatic carbocycles. The summed E-state index contributed by atoms with van der Waals surface area (Å²) in [6.07, 6.45) is 3.84. The van der Waals surface area contributed by atoms with E-state index in [0.717, 1.165) is 81.1 Å². The molecule has 6 nitrogen and oxygen atoms in total. The topological polar surface area (TPSA) is 62.5 Å². The van der Waals surface area contributed by atoms with Gasteiger partial charge in [-0.25, -0.2) is 0 Å². The van der Waals surface area contributed by atoms with Crippen molar-refractivity contribution in [2.75, 3.05) is 26.2 Å². The van der Waals surface area contributed by atoms with Crippen molar-refractivity contribution in [1.29, 1.82) is 0 Å². The van der Waals surface area contributed by atoms with Gasteiger partial charge in [-0.15, -0.1) is 0 Å². The van der Waals surface area contributed by atoms with E-state index < -0.39 is 0 Å². The minimum absolute atomic E-state index is 0.0325. The lowest BCUT2D eigenvalue weighted by Crippen LogP contribution is -2.36. The zero-order chi connectivity index (χ0) is 21.3. The quantitative estimate of drug-likeness (QED) is 0.768. The van der Waals surface area contributed by atoms with Gasteiger partial charge in [0, 0.05) is 50.4 Å². The molecule has 1 fully saturated rings. The van der Waals surface area contributed by atoms with E-state index in [0.29, 0.717) is 11.6 Å². The van der Waals surface area contributed by atoms with Crippen molar-refractivity contribution in [2.24, 2.45) is 11.3 Å². The van der Waals surface area contributed by atoms with Crippen molar-refractivity contribution in [2.45, 2.75) is 59.9 Å². The summed E-state index contributed by atoms with van der Waals surface area (Å²) >= 11 is 0. The third-order valence-corrected chi connectivity index (χ3v) is 6.67. The van der Waals surface area contributed by atoms with Gasteiger partial charge in [0.15, 0.2) is 5.69 Å². The van der Waals surface area contributed by atoms with Crippen molar-refractivity contribution in [3.63, 3.8) is 0 Å². The maximum atomic E-state index is 13.3. The average Bonchev–Trinajstić information content (AvgIpc) is 2.98. The van der Waals surface area contributed by atoms with Crippen LogP contribution in [-0.2, 0) is 19.4 Å². The molecule has 4 rings (SSSR count). The van der Waals surface area contributed by atoms with Crippen molar-refractivity contribution in [1.82, 2.24) is 19.9 Å². The minimum atomic E-state index is 0.0325. The van der Waals surface area contributed by atoms with Crippen LogP contribution in [0.2, 0.25) is 0 Å². The Morgan fingerprint density at radius 1 is 1.20 bits per heavy atom. The van der Waals surface area contributed by atoms with Crippen LogP contribution in [0.1, 0.15) is 66.8 Å². The van der Waals surface area contributed by atoms with E-state index in [4.69, 9.17) is 4.52 Å². The summed E-state index contributed by atoms with van der Waals surface area (Å²) in [5.74, 6) is 1.50. The molecule has 0 unspecified atom stereocenters. The van der Waals surface area contributed by atoms with E-state index in [1.807, 2.05) is 17.9 Å². The summed E-state index contributed by atoms with van der Waals surface area (Å²) in [6.45, 7) is 13.0. The number of pyridine rings is 1. The van der Waals surface area contributed by atoms with Gasteiger partial charge in [0.1, 0.15) is 5.76 Å². The highest BCUT2D eigenvalue weighted by molar-refractivity contribution is 5.94. The fraction of sp³-hybridized carbons (Fsp3) is 0.625. The van der Waals surface area contributed by atoms with Crippen LogP contribution in [0.4, 0.5) is 0 Å². The Kier molecular flexibility index (Phi) is 5.96. The Bertz CT molecular complexity index is 899. The summed E-state index contributed by atoms with van der Waals surface area (Å²) < 4.78 is 5.59. The highest BCUT2D eigenvalue weighted by Crippen LogP contribution is 2.38. The molecule has 1 atom stereocenters. The summed E-state index contributed by atoms with van der Waals surface area (Å²) in [5.41, 5.74) is 3.96. The Hall–Kier alpha value is -2.21. The third kappa shape index (κ3) is 4.59. The predicted molar refractivity (Wildman–Crippen MR) is 116 cm³/mol. The molecule has 0 N–H and O–H groups in total. The van der Waals surface area contributed by atoms with Crippen LogP contribution in [0.5, 0.6) is 0 Å². The molecule has 3 heterocycles. The van der Waals surface area contributed by atoms with E-state index >= 15 is 0 Å². The zero-order valence-electron chi connectivity index (χ0n) is 18.8. The maximum absolute atomic E-state index is 13.3. The lowest BCUT2D eigenvalue weighted by Gasteiger charge is -2.33. The summed E-state index contributed by atoms with van der Waals surface area (Å²) in [5, 5.41) is 4.23. The number of carbonyl (C=O) groups is 1. The number of hydrogen-bond donors (Lipinski definition) is 0. The van der Waals surface area contributed by atoms with E-state index in [1.165, 1.54) is 0 Å². The van der Waals surface area contributed by atoms with Crippen molar-refractivity contribution in [3.05, 3.63) is 46.6 Å². The smallest absolute Gasteiger partial charge is 0.276 e. The summed E-state index contributed by atoms with van der Waals surface area (Å²) in [4.78, 5) is 22.3. The lowest BCUT2D eigenvalue weighted by molar-refractivity contribution is 0.0749. The molecule has 30 heavy (non-hydrogen) atoms. The number of rotatable bonds is 3. The second-order valence-corrected chi connectivity index (χ2v) is 9.93. The highest BCUT2D eigenvalue weighted by atomic mass is 16.5. The minimum Gasteiger partial charge on any atom is -0.360 e. The Morgan fingerprint density at radius 3 is 2.80 bits per heavy atom. The monoisotopic (exact) mass is 410 g/mol. The van der Waals surface area contributed by atoms with Crippen LogP contribution in [0.3, 0.4) is 0 Å². The molecular formula is C24H34N4O2. The SMILES string of the molecule is Cc1cccc(CN2CCCN(C(=O)c3noc4c3C[C@@H](C(C)(C)C)CC4)CC2)n1. The number of amides is 1. The first-order valence-corrected chi connectivity index (χ1v) is 11.2. The van der Waals surface area contributed by atoms with E-state index in [9.17, 15) is 4.79 Å². The Morgan fingerprint density at radius 2 is 2.03 bits per heavy atom. The molecule has 0 saturated carbocycles. The van der Waals surface area contributed by atoms with Gasteiger partial charge in [-0.2, -0.15) is 0 Å². The van der Waals surface area contributed by atoms with Crippen LogP contribution in [-0.4, -0.2) is 52.0 Å². The van der Waals surface area contributed by atoms with Gasteiger partial charge >= 0.3 is 0 Å². The number of fused-ring (bicyclic) bond motifs is 1. The molecule has 1 saturated heterocycles. The first-order valence-electron chi connectivity index (χ1n) is 11.2. The van der Waals surface area contributed by atoms with Crippen LogP contribution in [0.25, 0.3) is 0 Å². The fourth-order valence-electron chi connectivity index (χ4n) is 4.71. The normalized spacial score (nSPS) is 20.7. The number of nitrogens with zero attached hydrogens (tertiary/aromatic N) is 4. The number of hydrogen-bond acceptors (Lipinski definition) is 5. The maximum Gasteiger partial charge on any atom is 0.276 e. The third-order valence-electron chi connectivity index (χ3n) is 6.67. The Balaban J connectivity index is 1.42. The molecule has 1 aliphatic heterocycles. The Labute approximate surface area is 179 Å². The number of aromatic nitrogens is 2. The molecular weight excluding hydrogens is 376 g/mol. The van der Waals surface area contributed by atoms with Crippen LogP contribution >= 0.6 is 0 Å². The van der Waals surface area contributed by atoms with Crippen molar-refractivity contribution >= 4 is 5.91 Å². The second kappa shape index (κ2) is 8.50. The summed E-state index contributed by atoms with van der Waals surface area (Å²) in [7, 11) is 0. The standard InChI is InChI=1S/C24H34N4O2/c1-17-7-5-8-19(25-17)16-27-11-6-12-28(14-13-27)23(29)22-20-15-18(24(2,3)4)9-10-21(20)30-26-22/h5,7-8,18H,6,9-16H2,1-4H3/t18-/m0/s1. The molecule has 2 aromatic rings. The van der Waals surface area contributed by atoms with Gasteiger partial charge in [0.05, 0.1) is 5.69 Å². The zero-order valence-corrected chi connectivity index (χ0v) is 18.8. The van der Waals surface area contributed by atoms with Gasteiger partial charge in [-0.3, -0.25) is 14.7 Å². The molecule has 1 aliphatic carbocycles. The van der Waals surface area contributed by atoms with Gasteiger partial charge in [0.2, 0.25) is 0 Å². The number of aryl methyl sites for hydroxylation is 2. The van der Waals surface area contributed by atoms with Crippen LogP contribution in [0, 0.1) is 18.3 Å². The first-order chi connectivity index (χ1) is 14.3. The van der Waals surface area contributed by atoms with Gasteiger partial charge in [-0.1, -0.05) is 32.0 Å². The van der Waals surface area contributed by atoms with E-state index in [1.54, 1.807) is 0 Å². The molecule has 2 aliphatic rings. The van der Waals surface area contributed by atoms with Crippen LogP contribution < -0.4 is 0 Å². The first kappa shape index (κ1) is 21.0. The lowest BCUT2D eigenvalue weighted by atomic mass is 9.71. The van der Waals surface area contributed by atoms with Crippen LogP contribution in [0.15, 0.2) is 22.7 Å².